The normalized spacial score (nSPS) is 39.9. The summed E-state index contributed by atoms with van der Waals surface area (Å²) >= 11 is 0. The highest BCUT2D eigenvalue weighted by molar-refractivity contribution is 5.06. The van der Waals surface area contributed by atoms with Gasteiger partial charge >= 0.3 is 0 Å². The first-order chi connectivity index (χ1) is 7.65. The molecule has 2 heterocycles. The van der Waals surface area contributed by atoms with Crippen LogP contribution in [0.1, 0.15) is 46.0 Å². The first kappa shape index (κ1) is 11.7. The van der Waals surface area contributed by atoms with Crippen molar-refractivity contribution in [3.05, 3.63) is 24.2 Å². The zero-order valence-electron chi connectivity index (χ0n) is 10.6. The predicted octanol–water partition coefficient (Wildman–Crippen LogP) is 4.04. The fourth-order valence-electron chi connectivity index (χ4n) is 2.78. The lowest BCUT2D eigenvalue weighted by molar-refractivity contribution is -0.143. The van der Waals surface area contributed by atoms with E-state index in [1.54, 1.807) is 6.26 Å². The Hall–Kier alpha value is -0.760. The predicted molar refractivity (Wildman–Crippen MR) is 64.1 cm³/mol. The van der Waals surface area contributed by atoms with Crippen LogP contribution in [0.3, 0.4) is 0 Å². The van der Waals surface area contributed by atoms with Crippen LogP contribution in [0.2, 0.25) is 0 Å². The van der Waals surface area contributed by atoms with Gasteiger partial charge in [-0.05, 0) is 36.3 Å². The second-order valence-corrected chi connectivity index (χ2v) is 5.10. The quantitative estimate of drug-likeness (QED) is 0.753. The van der Waals surface area contributed by atoms with E-state index in [0.717, 1.165) is 12.2 Å². The van der Waals surface area contributed by atoms with E-state index < -0.39 is 0 Å². The summed E-state index contributed by atoms with van der Waals surface area (Å²) in [7, 11) is 0. The van der Waals surface area contributed by atoms with Crippen molar-refractivity contribution in [2.75, 3.05) is 0 Å². The van der Waals surface area contributed by atoms with Crippen molar-refractivity contribution in [2.24, 2.45) is 17.8 Å². The second kappa shape index (κ2) is 4.62. The molecule has 16 heavy (non-hydrogen) atoms. The van der Waals surface area contributed by atoms with E-state index in [2.05, 4.69) is 27.7 Å². The Balaban J connectivity index is 2.20. The minimum atomic E-state index is 0.131. The minimum Gasteiger partial charge on any atom is -0.467 e. The molecule has 0 aromatic carbocycles. The van der Waals surface area contributed by atoms with Crippen LogP contribution >= 0.6 is 0 Å². The fraction of sp³-hybridized carbons (Fsp3) is 0.714. The van der Waals surface area contributed by atoms with Crippen LogP contribution < -0.4 is 0 Å². The van der Waals surface area contributed by atoms with Crippen LogP contribution in [0.15, 0.2) is 22.8 Å². The topological polar surface area (TPSA) is 22.4 Å². The Labute approximate surface area is 98.0 Å². The Bertz CT molecular complexity index is 315. The Kier molecular flexibility index (Phi) is 3.38. The van der Waals surface area contributed by atoms with Crippen molar-refractivity contribution >= 4 is 0 Å². The van der Waals surface area contributed by atoms with Gasteiger partial charge < -0.3 is 9.15 Å². The van der Waals surface area contributed by atoms with E-state index in [-0.39, 0.29) is 6.10 Å². The molecule has 0 unspecified atom stereocenters. The molecule has 1 aromatic rings. The molecule has 1 aromatic heterocycles. The van der Waals surface area contributed by atoms with E-state index in [0.29, 0.717) is 23.9 Å². The Morgan fingerprint density at radius 3 is 2.44 bits per heavy atom. The molecule has 2 nitrogen and oxygen atoms in total. The fourth-order valence-corrected chi connectivity index (χ4v) is 2.78. The minimum absolute atomic E-state index is 0.131. The zero-order chi connectivity index (χ0) is 11.7. The molecular formula is C14H22O2. The zero-order valence-corrected chi connectivity index (χ0v) is 10.6. The molecule has 2 rings (SSSR count). The monoisotopic (exact) mass is 222 g/mol. The largest absolute Gasteiger partial charge is 0.467 e. The van der Waals surface area contributed by atoms with Crippen LogP contribution in [-0.4, -0.2) is 6.10 Å². The number of hydrogen-bond acceptors (Lipinski definition) is 2. The molecule has 0 radical (unpaired) electrons. The third kappa shape index (κ3) is 1.91. The van der Waals surface area contributed by atoms with E-state index in [4.69, 9.17) is 9.15 Å². The van der Waals surface area contributed by atoms with Crippen molar-refractivity contribution in [1.82, 2.24) is 0 Å². The Morgan fingerprint density at radius 1 is 1.12 bits per heavy atom. The first-order valence-electron chi connectivity index (χ1n) is 6.34. The van der Waals surface area contributed by atoms with Gasteiger partial charge in [0.15, 0.2) is 0 Å². The smallest absolute Gasteiger partial charge is 0.132 e. The third-order valence-electron chi connectivity index (χ3n) is 4.27. The number of ether oxygens (including phenoxy) is 1. The molecule has 0 N–H and O–H groups in total. The average Bonchev–Trinajstić information content (AvgIpc) is 2.80. The first-order valence-corrected chi connectivity index (χ1v) is 6.34. The van der Waals surface area contributed by atoms with Gasteiger partial charge in [0.05, 0.1) is 12.4 Å². The maximum atomic E-state index is 6.18. The number of rotatable bonds is 2. The molecule has 0 aliphatic carbocycles. The highest BCUT2D eigenvalue weighted by atomic mass is 16.5. The van der Waals surface area contributed by atoms with Gasteiger partial charge in [-0.1, -0.05) is 27.7 Å². The van der Waals surface area contributed by atoms with Crippen molar-refractivity contribution in [1.29, 1.82) is 0 Å². The summed E-state index contributed by atoms with van der Waals surface area (Å²) < 4.78 is 11.7. The van der Waals surface area contributed by atoms with Gasteiger partial charge in [0.25, 0.3) is 0 Å². The van der Waals surface area contributed by atoms with E-state index in [1.165, 1.54) is 0 Å². The molecule has 0 saturated carbocycles. The molecule has 1 fully saturated rings. The van der Waals surface area contributed by atoms with Crippen LogP contribution in [0.4, 0.5) is 0 Å². The highest BCUT2D eigenvalue weighted by Crippen LogP contribution is 2.43. The van der Waals surface area contributed by atoms with Gasteiger partial charge in [-0.3, -0.25) is 0 Å². The lowest BCUT2D eigenvalue weighted by atomic mass is 9.75. The standard InChI is InChI=1S/C14H22O2/c1-5-12-10(3)9(2)11(4)14(16-12)13-7-6-8-15-13/h6-12,14H,5H2,1-4H3/t9-,10-,11+,12+,14-/m0/s1. The number of hydrogen-bond donors (Lipinski definition) is 0. The lowest BCUT2D eigenvalue weighted by Crippen LogP contribution is -2.40. The molecule has 1 saturated heterocycles. The molecular weight excluding hydrogens is 200 g/mol. The van der Waals surface area contributed by atoms with Gasteiger partial charge in [0, 0.05) is 0 Å². The molecule has 0 amide bonds. The molecule has 90 valence electrons. The maximum absolute atomic E-state index is 6.18. The highest BCUT2D eigenvalue weighted by Gasteiger charge is 2.39. The summed E-state index contributed by atoms with van der Waals surface area (Å²) in [5.41, 5.74) is 0. The van der Waals surface area contributed by atoms with Crippen LogP contribution in [0, 0.1) is 17.8 Å². The molecule has 0 bridgehead atoms. The van der Waals surface area contributed by atoms with Crippen molar-refractivity contribution in [2.45, 2.75) is 46.3 Å². The number of furan rings is 1. The van der Waals surface area contributed by atoms with Gasteiger partial charge in [0.1, 0.15) is 11.9 Å². The lowest BCUT2D eigenvalue weighted by Gasteiger charge is -2.42. The molecule has 1 aliphatic rings. The van der Waals surface area contributed by atoms with Gasteiger partial charge in [-0.15, -0.1) is 0 Å². The van der Waals surface area contributed by atoms with Gasteiger partial charge in [-0.2, -0.15) is 0 Å². The molecule has 0 spiro atoms. The molecule has 5 atom stereocenters. The van der Waals surface area contributed by atoms with Gasteiger partial charge in [0.2, 0.25) is 0 Å². The summed E-state index contributed by atoms with van der Waals surface area (Å²) in [6, 6.07) is 3.96. The SMILES string of the molecule is CC[C@H]1O[C@H](c2ccco2)[C@H](C)[C@@H](C)[C@@H]1C. The second-order valence-electron chi connectivity index (χ2n) is 5.10. The van der Waals surface area contributed by atoms with E-state index >= 15 is 0 Å². The maximum Gasteiger partial charge on any atom is 0.132 e. The van der Waals surface area contributed by atoms with Crippen LogP contribution in [-0.2, 0) is 4.74 Å². The van der Waals surface area contributed by atoms with Crippen molar-refractivity contribution < 1.29 is 9.15 Å². The average molecular weight is 222 g/mol. The summed E-state index contributed by atoms with van der Waals surface area (Å²) in [6.07, 6.45) is 3.30. The van der Waals surface area contributed by atoms with E-state index in [9.17, 15) is 0 Å². The summed E-state index contributed by atoms with van der Waals surface area (Å²) in [5.74, 6) is 2.80. The summed E-state index contributed by atoms with van der Waals surface area (Å²) in [5, 5.41) is 0. The Morgan fingerprint density at radius 2 is 1.88 bits per heavy atom. The van der Waals surface area contributed by atoms with Crippen molar-refractivity contribution in [3.63, 3.8) is 0 Å². The van der Waals surface area contributed by atoms with Gasteiger partial charge in [-0.25, -0.2) is 0 Å². The molecule has 2 heteroatoms. The summed E-state index contributed by atoms with van der Waals surface area (Å²) in [6.45, 7) is 9.09. The summed E-state index contributed by atoms with van der Waals surface area (Å²) in [4.78, 5) is 0. The van der Waals surface area contributed by atoms with Crippen LogP contribution in [0.5, 0.6) is 0 Å². The molecule has 1 aliphatic heterocycles. The van der Waals surface area contributed by atoms with Crippen molar-refractivity contribution in [3.8, 4) is 0 Å². The van der Waals surface area contributed by atoms with Crippen LogP contribution in [0.25, 0.3) is 0 Å². The third-order valence-corrected chi connectivity index (χ3v) is 4.27. The van der Waals surface area contributed by atoms with E-state index in [1.807, 2.05) is 12.1 Å².